The van der Waals surface area contributed by atoms with Crippen LogP contribution in [0.3, 0.4) is 0 Å². The van der Waals surface area contributed by atoms with Gasteiger partial charge in [-0.15, -0.1) is 0 Å². The van der Waals surface area contributed by atoms with E-state index >= 15 is 0 Å². The molecular weight excluding hydrogens is 446 g/mol. The van der Waals surface area contributed by atoms with Gasteiger partial charge >= 0.3 is 5.97 Å². The van der Waals surface area contributed by atoms with E-state index in [2.05, 4.69) is 15.3 Å². The molecule has 2 heterocycles. The second-order valence-corrected chi connectivity index (χ2v) is 7.08. The third-order valence-corrected chi connectivity index (χ3v) is 4.82. The van der Waals surface area contributed by atoms with Gasteiger partial charge in [-0.2, -0.15) is 0 Å². The SMILES string of the molecule is Cc1cc(C(=O)OC(CF)CF)c2oc(CNC(=O)/C(=C/N)c3ncccn3)c(Cl)c2c1. The Balaban J connectivity index is 1.86. The van der Waals surface area contributed by atoms with Crippen LogP contribution in [0.15, 0.2) is 41.2 Å². The molecule has 0 spiro atoms. The number of furan rings is 1. The highest BCUT2D eigenvalue weighted by atomic mass is 35.5. The molecule has 3 N–H and O–H groups in total. The minimum Gasteiger partial charge on any atom is -0.457 e. The van der Waals surface area contributed by atoms with Gasteiger partial charge in [0.05, 0.1) is 17.1 Å². The van der Waals surface area contributed by atoms with E-state index in [0.717, 1.165) is 6.20 Å². The second-order valence-electron chi connectivity index (χ2n) is 6.70. The Kier molecular flexibility index (Phi) is 7.37. The lowest BCUT2D eigenvalue weighted by Crippen LogP contribution is -2.25. The van der Waals surface area contributed by atoms with E-state index in [9.17, 15) is 18.4 Å². The molecule has 168 valence electrons. The number of halogens is 3. The average molecular weight is 465 g/mol. The molecule has 3 aromatic rings. The maximum absolute atomic E-state index is 12.8. The molecule has 1 amide bonds. The highest BCUT2D eigenvalue weighted by molar-refractivity contribution is 6.36. The standard InChI is InChI=1S/C21H19ClF2N4O4/c1-11-5-13-17(22)16(10-28-20(29)15(9-25)19-26-3-2-4-27-19)32-18(13)14(6-11)21(30)31-12(7-23)8-24/h2-6,9,12H,7-8,10,25H2,1H3,(H,28,29)/b15-9+. The second kappa shape index (κ2) is 10.2. The van der Waals surface area contributed by atoms with Crippen molar-refractivity contribution >= 4 is 40.0 Å². The lowest BCUT2D eigenvalue weighted by molar-refractivity contribution is -0.115. The Morgan fingerprint density at radius 3 is 2.59 bits per heavy atom. The Morgan fingerprint density at radius 1 is 1.28 bits per heavy atom. The number of carbonyl (C=O) groups is 2. The third-order valence-electron chi connectivity index (χ3n) is 4.41. The number of benzene rings is 1. The van der Waals surface area contributed by atoms with Crippen molar-refractivity contribution in [1.29, 1.82) is 0 Å². The summed E-state index contributed by atoms with van der Waals surface area (Å²) in [5.74, 6) is -1.22. The summed E-state index contributed by atoms with van der Waals surface area (Å²) in [5.41, 5.74) is 6.27. The number of rotatable bonds is 8. The molecule has 0 radical (unpaired) electrons. The number of amides is 1. The summed E-state index contributed by atoms with van der Waals surface area (Å²) in [4.78, 5) is 32.9. The molecule has 0 unspecified atom stereocenters. The number of fused-ring (bicyclic) bond motifs is 1. The van der Waals surface area contributed by atoms with Crippen LogP contribution in [0.5, 0.6) is 0 Å². The van der Waals surface area contributed by atoms with E-state index in [0.29, 0.717) is 10.9 Å². The van der Waals surface area contributed by atoms with Gasteiger partial charge in [0.1, 0.15) is 24.7 Å². The molecule has 0 atom stereocenters. The number of carbonyl (C=O) groups excluding carboxylic acids is 2. The summed E-state index contributed by atoms with van der Waals surface area (Å²) in [6, 6.07) is 4.73. The molecule has 0 aliphatic carbocycles. The largest absolute Gasteiger partial charge is 0.457 e. The zero-order valence-electron chi connectivity index (χ0n) is 16.9. The van der Waals surface area contributed by atoms with Crippen molar-refractivity contribution in [3.63, 3.8) is 0 Å². The molecule has 0 bridgehead atoms. The molecule has 2 aromatic heterocycles. The fourth-order valence-corrected chi connectivity index (χ4v) is 3.14. The molecule has 8 nitrogen and oxygen atoms in total. The van der Waals surface area contributed by atoms with Crippen molar-refractivity contribution in [3.8, 4) is 0 Å². The van der Waals surface area contributed by atoms with Crippen LogP contribution in [0.1, 0.15) is 27.5 Å². The fraction of sp³-hybridized carbons (Fsp3) is 0.238. The highest BCUT2D eigenvalue weighted by Gasteiger charge is 2.24. The van der Waals surface area contributed by atoms with Gasteiger partial charge in [-0.3, -0.25) is 4.79 Å². The summed E-state index contributed by atoms with van der Waals surface area (Å²) < 4.78 is 36.1. The van der Waals surface area contributed by atoms with Gasteiger partial charge in [-0.1, -0.05) is 11.6 Å². The van der Waals surface area contributed by atoms with Crippen LogP contribution in [0.2, 0.25) is 5.02 Å². The Morgan fingerprint density at radius 2 is 1.97 bits per heavy atom. The van der Waals surface area contributed by atoms with Crippen LogP contribution in [0.25, 0.3) is 16.5 Å². The highest BCUT2D eigenvalue weighted by Crippen LogP contribution is 2.34. The van der Waals surface area contributed by atoms with Gasteiger partial charge in [-0.25, -0.2) is 23.5 Å². The maximum Gasteiger partial charge on any atom is 0.342 e. The van der Waals surface area contributed by atoms with Gasteiger partial charge in [0.15, 0.2) is 17.5 Å². The molecule has 11 heteroatoms. The molecular formula is C21H19ClF2N4O4. The summed E-state index contributed by atoms with van der Waals surface area (Å²) in [5, 5.41) is 3.16. The molecule has 1 aromatic carbocycles. The average Bonchev–Trinajstić information content (AvgIpc) is 3.11. The zero-order valence-corrected chi connectivity index (χ0v) is 17.7. The predicted octanol–water partition coefficient (Wildman–Crippen LogP) is 3.27. The van der Waals surface area contributed by atoms with E-state index in [1.165, 1.54) is 18.5 Å². The normalized spacial score (nSPS) is 11.7. The van der Waals surface area contributed by atoms with Crippen LogP contribution in [-0.4, -0.2) is 41.3 Å². The van der Waals surface area contributed by atoms with Crippen LogP contribution in [-0.2, 0) is 16.1 Å². The minimum atomic E-state index is -1.51. The predicted molar refractivity (Wildman–Crippen MR) is 113 cm³/mol. The topological polar surface area (TPSA) is 120 Å². The minimum absolute atomic E-state index is 0.0356. The Bertz CT molecular complexity index is 1160. The summed E-state index contributed by atoms with van der Waals surface area (Å²) in [6.07, 6.45) is 2.50. The van der Waals surface area contributed by atoms with Crippen LogP contribution in [0, 0.1) is 6.92 Å². The number of hydrogen-bond acceptors (Lipinski definition) is 7. The molecule has 0 saturated carbocycles. The lowest BCUT2D eigenvalue weighted by Gasteiger charge is -2.11. The van der Waals surface area contributed by atoms with Crippen molar-refractivity contribution in [2.24, 2.45) is 5.73 Å². The molecule has 0 aliphatic rings. The van der Waals surface area contributed by atoms with Gasteiger partial charge in [0.25, 0.3) is 5.91 Å². The number of alkyl halides is 2. The van der Waals surface area contributed by atoms with Crippen molar-refractivity contribution < 1.29 is 27.5 Å². The first-order chi connectivity index (χ1) is 15.4. The first-order valence-corrected chi connectivity index (χ1v) is 9.79. The van der Waals surface area contributed by atoms with Gasteiger partial charge in [-0.05, 0) is 30.7 Å². The maximum atomic E-state index is 12.8. The van der Waals surface area contributed by atoms with Crippen LogP contribution < -0.4 is 11.1 Å². The van der Waals surface area contributed by atoms with Crippen molar-refractivity contribution in [3.05, 3.63) is 64.5 Å². The number of nitrogens with zero attached hydrogens (tertiary/aromatic N) is 2. The molecule has 0 fully saturated rings. The van der Waals surface area contributed by atoms with Crippen LogP contribution in [0.4, 0.5) is 8.78 Å². The molecule has 32 heavy (non-hydrogen) atoms. The van der Waals surface area contributed by atoms with E-state index in [1.807, 2.05) is 0 Å². The van der Waals surface area contributed by atoms with Crippen molar-refractivity contribution in [2.45, 2.75) is 19.6 Å². The van der Waals surface area contributed by atoms with E-state index in [1.54, 1.807) is 19.1 Å². The number of aryl methyl sites for hydroxylation is 1. The number of aromatic nitrogens is 2. The molecule has 0 aliphatic heterocycles. The third kappa shape index (κ3) is 4.86. The van der Waals surface area contributed by atoms with E-state index < -0.39 is 31.3 Å². The van der Waals surface area contributed by atoms with E-state index in [-0.39, 0.29) is 39.9 Å². The fourth-order valence-electron chi connectivity index (χ4n) is 2.89. The zero-order chi connectivity index (χ0) is 23.3. The van der Waals surface area contributed by atoms with E-state index in [4.69, 9.17) is 26.5 Å². The molecule has 3 rings (SSSR count). The number of nitrogens with one attached hydrogen (secondary N) is 1. The van der Waals surface area contributed by atoms with Gasteiger partial charge < -0.3 is 20.2 Å². The number of hydrogen-bond donors (Lipinski definition) is 2. The Labute approximate surface area is 186 Å². The van der Waals surface area contributed by atoms with Crippen molar-refractivity contribution in [2.75, 3.05) is 13.3 Å². The monoisotopic (exact) mass is 464 g/mol. The number of esters is 1. The quantitative estimate of drug-likeness (QED) is 0.387. The first-order valence-electron chi connectivity index (χ1n) is 9.41. The summed E-state index contributed by atoms with van der Waals surface area (Å²) in [6.45, 7) is -0.742. The Hall–Kier alpha value is -3.53. The summed E-state index contributed by atoms with van der Waals surface area (Å²) in [7, 11) is 0. The molecule has 0 saturated heterocycles. The smallest absolute Gasteiger partial charge is 0.342 e. The van der Waals surface area contributed by atoms with Crippen LogP contribution >= 0.6 is 11.6 Å². The van der Waals surface area contributed by atoms with Gasteiger partial charge in [0, 0.05) is 24.0 Å². The number of nitrogens with two attached hydrogens (primary N) is 1. The van der Waals surface area contributed by atoms with Gasteiger partial charge in [0.2, 0.25) is 0 Å². The number of ether oxygens (including phenoxy) is 1. The lowest BCUT2D eigenvalue weighted by atomic mass is 10.1. The summed E-state index contributed by atoms with van der Waals surface area (Å²) >= 11 is 6.40. The van der Waals surface area contributed by atoms with Crippen molar-refractivity contribution in [1.82, 2.24) is 15.3 Å². The first kappa shape index (κ1) is 23.1.